The normalized spacial score (nSPS) is 14.8. The molecule has 0 bridgehead atoms. The number of halogens is 1. The van der Waals surface area contributed by atoms with Gasteiger partial charge in [0.25, 0.3) is 5.91 Å². The largest absolute Gasteiger partial charge is 0.490 e. The predicted octanol–water partition coefficient (Wildman–Crippen LogP) is 4.50. The van der Waals surface area contributed by atoms with Gasteiger partial charge in [-0.15, -0.1) is 0 Å². The summed E-state index contributed by atoms with van der Waals surface area (Å²) in [6.07, 6.45) is 1.68. The van der Waals surface area contributed by atoms with Gasteiger partial charge in [0.1, 0.15) is 10.9 Å². The molecule has 9 heteroatoms. The molecule has 1 fully saturated rings. The number of ether oxygens (including phenoxy) is 2. The summed E-state index contributed by atoms with van der Waals surface area (Å²) < 4.78 is 11.9. The monoisotopic (exact) mass is 449 g/mol. The Kier molecular flexibility index (Phi) is 6.79. The lowest BCUT2D eigenvalue weighted by Gasteiger charge is -2.15. The van der Waals surface area contributed by atoms with Crippen LogP contribution >= 0.6 is 35.6 Å². The van der Waals surface area contributed by atoms with E-state index in [2.05, 4.69) is 5.32 Å². The van der Waals surface area contributed by atoms with Crippen molar-refractivity contribution in [3.8, 4) is 11.5 Å². The van der Waals surface area contributed by atoms with Crippen molar-refractivity contribution in [1.82, 2.24) is 5.32 Å². The second kappa shape index (κ2) is 9.30. The molecule has 0 unspecified atom stereocenters. The third-order valence-corrected chi connectivity index (χ3v) is 5.30. The second-order valence-corrected chi connectivity index (χ2v) is 8.03. The van der Waals surface area contributed by atoms with E-state index in [0.29, 0.717) is 37.9 Å². The van der Waals surface area contributed by atoms with Gasteiger partial charge in [-0.3, -0.25) is 4.79 Å². The van der Waals surface area contributed by atoms with E-state index in [1.807, 2.05) is 6.92 Å². The Balaban J connectivity index is 1.82. The fourth-order valence-electron chi connectivity index (χ4n) is 2.55. The van der Waals surface area contributed by atoms with Gasteiger partial charge >= 0.3 is 5.97 Å². The van der Waals surface area contributed by atoms with Gasteiger partial charge in [0.15, 0.2) is 11.5 Å². The van der Waals surface area contributed by atoms with E-state index in [4.69, 9.17) is 38.4 Å². The van der Waals surface area contributed by atoms with Gasteiger partial charge in [-0.2, -0.15) is 0 Å². The highest BCUT2D eigenvalue weighted by Gasteiger charge is 2.22. The van der Waals surface area contributed by atoms with Gasteiger partial charge in [-0.25, -0.2) is 4.79 Å². The van der Waals surface area contributed by atoms with Gasteiger partial charge in [-0.05, 0) is 48.4 Å². The molecule has 1 saturated heterocycles. The van der Waals surface area contributed by atoms with Crippen LogP contribution < -0.4 is 14.8 Å². The molecule has 1 aliphatic rings. The smallest absolute Gasteiger partial charge is 0.335 e. The summed E-state index contributed by atoms with van der Waals surface area (Å²) in [5.74, 6) is -0.421. The summed E-state index contributed by atoms with van der Waals surface area (Å²) in [6.45, 7) is 2.43. The van der Waals surface area contributed by atoms with Crippen LogP contribution in [0.5, 0.6) is 11.5 Å². The van der Waals surface area contributed by atoms with Crippen LogP contribution in [-0.2, 0) is 11.4 Å². The van der Waals surface area contributed by atoms with E-state index < -0.39 is 5.97 Å². The standard InChI is InChI=1S/C20H16ClNO5S2/c1-2-26-15-8-12(9-16-18(23)22-20(28)29-16)7-14(21)17(15)27-10-11-3-5-13(6-4-11)19(24)25/h3-9H,2,10H2,1H3,(H,24,25)(H,22,23,28)/b16-9-. The minimum Gasteiger partial charge on any atom is -0.490 e. The molecular weight excluding hydrogens is 434 g/mol. The lowest BCUT2D eigenvalue weighted by Crippen LogP contribution is -2.17. The Morgan fingerprint density at radius 2 is 2.00 bits per heavy atom. The Bertz CT molecular complexity index is 1000. The predicted molar refractivity (Wildman–Crippen MR) is 117 cm³/mol. The molecule has 0 aromatic heterocycles. The van der Waals surface area contributed by atoms with E-state index in [1.165, 1.54) is 23.9 Å². The van der Waals surface area contributed by atoms with Crippen molar-refractivity contribution < 1.29 is 24.2 Å². The van der Waals surface area contributed by atoms with E-state index in [-0.39, 0.29) is 18.1 Å². The summed E-state index contributed by atoms with van der Waals surface area (Å²) in [5.41, 5.74) is 1.67. The van der Waals surface area contributed by atoms with E-state index in [1.54, 1.807) is 30.3 Å². The average Bonchev–Trinajstić information content (AvgIpc) is 2.98. The van der Waals surface area contributed by atoms with Gasteiger partial charge in [-0.1, -0.05) is 47.7 Å². The zero-order chi connectivity index (χ0) is 21.0. The topological polar surface area (TPSA) is 84.9 Å². The summed E-state index contributed by atoms with van der Waals surface area (Å²) in [7, 11) is 0. The van der Waals surface area contributed by atoms with E-state index >= 15 is 0 Å². The number of thiocarbonyl (C=S) groups is 1. The van der Waals surface area contributed by atoms with Gasteiger partial charge in [0.05, 0.1) is 22.1 Å². The molecule has 0 radical (unpaired) electrons. The average molecular weight is 450 g/mol. The molecule has 3 rings (SSSR count). The second-order valence-electron chi connectivity index (χ2n) is 5.91. The first-order valence-corrected chi connectivity index (χ1v) is 10.1. The summed E-state index contributed by atoms with van der Waals surface area (Å²) in [5, 5.41) is 11.9. The van der Waals surface area contributed by atoms with Gasteiger partial charge < -0.3 is 19.9 Å². The van der Waals surface area contributed by atoms with Gasteiger partial charge in [0, 0.05) is 0 Å². The fourth-order valence-corrected chi connectivity index (χ4v) is 3.86. The van der Waals surface area contributed by atoms with Crippen molar-refractivity contribution in [2.45, 2.75) is 13.5 Å². The molecule has 1 heterocycles. The molecule has 0 spiro atoms. The van der Waals surface area contributed by atoms with Crippen molar-refractivity contribution in [1.29, 1.82) is 0 Å². The lowest BCUT2D eigenvalue weighted by atomic mass is 10.1. The number of amides is 1. The van der Waals surface area contributed by atoms with Crippen molar-refractivity contribution in [3.63, 3.8) is 0 Å². The quantitative estimate of drug-likeness (QED) is 0.475. The maximum atomic E-state index is 11.9. The first-order valence-electron chi connectivity index (χ1n) is 8.53. The molecule has 0 aliphatic carbocycles. The number of thioether (sulfide) groups is 1. The number of carbonyl (C=O) groups is 2. The molecule has 2 aromatic rings. The van der Waals surface area contributed by atoms with Crippen LogP contribution in [0.15, 0.2) is 41.3 Å². The highest BCUT2D eigenvalue weighted by atomic mass is 35.5. The minimum absolute atomic E-state index is 0.187. The lowest BCUT2D eigenvalue weighted by molar-refractivity contribution is -0.115. The minimum atomic E-state index is -0.987. The Morgan fingerprint density at radius 1 is 1.28 bits per heavy atom. The van der Waals surface area contributed by atoms with Crippen LogP contribution in [-0.4, -0.2) is 27.9 Å². The Hall–Kier alpha value is -2.55. The summed E-state index contributed by atoms with van der Waals surface area (Å²) >= 11 is 12.6. The van der Waals surface area contributed by atoms with Crippen LogP contribution in [0.3, 0.4) is 0 Å². The summed E-state index contributed by atoms with van der Waals surface area (Å²) in [6, 6.07) is 9.78. The van der Waals surface area contributed by atoms with Gasteiger partial charge in [0.2, 0.25) is 0 Å². The zero-order valence-corrected chi connectivity index (χ0v) is 17.6. The number of carbonyl (C=O) groups excluding carboxylic acids is 1. The van der Waals surface area contributed by atoms with Crippen molar-refractivity contribution >= 4 is 57.9 Å². The maximum Gasteiger partial charge on any atom is 0.335 e. The van der Waals surface area contributed by atoms with Crippen LogP contribution in [0.1, 0.15) is 28.4 Å². The molecule has 1 amide bonds. The third-order valence-electron chi connectivity index (χ3n) is 3.86. The number of hydrogen-bond acceptors (Lipinski definition) is 6. The first kappa shape index (κ1) is 21.2. The van der Waals surface area contributed by atoms with Crippen LogP contribution in [0.4, 0.5) is 0 Å². The van der Waals surface area contributed by atoms with E-state index in [0.717, 1.165) is 5.56 Å². The number of aromatic carboxylic acids is 1. The maximum absolute atomic E-state index is 11.9. The van der Waals surface area contributed by atoms with Crippen molar-refractivity contribution in [2.24, 2.45) is 0 Å². The fraction of sp³-hybridized carbons (Fsp3) is 0.150. The van der Waals surface area contributed by atoms with Crippen LogP contribution in [0, 0.1) is 0 Å². The number of hydrogen-bond donors (Lipinski definition) is 2. The SMILES string of the molecule is CCOc1cc(/C=C2\SC(=S)NC2=O)cc(Cl)c1OCc1ccc(C(=O)O)cc1. The molecule has 1 aliphatic heterocycles. The molecule has 29 heavy (non-hydrogen) atoms. The first-order chi connectivity index (χ1) is 13.9. The van der Waals surface area contributed by atoms with Crippen molar-refractivity contribution in [2.75, 3.05) is 6.61 Å². The molecule has 2 N–H and O–H groups in total. The zero-order valence-electron chi connectivity index (χ0n) is 15.2. The summed E-state index contributed by atoms with van der Waals surface area (Å²) in [4.78, 5) is 23.3. The Morgan fingerprint density at radius 3 is 2.59 bits per heavy atom. The molecule has 6 nitrogen and oxygen atoms in total. The highest BCUT2D eigenvalue weighted by Crippen LogP contribution is 2.38. The highest BCUT2D eigenvalue weighted by molar-refractivity contribution is 8.26. The molecule has 0 atom stereocenters. The number of rotatable bonds is 7. The van der Waals surface area contributed by atoms with Crippen molar-refractivity contribution in [3.05, 3.63) is 63.0 Å². The third kappa shape index (κ3) is 5.29. The number of carboxylic acids is 1. The van der Waals surface area contributed by atoms with Crippen LogP contribution in [0.25, 0.3) is 6.08 Å². The van der Waals surface area contributed by atoms with E-state index in [9.17, 15) is 9.59 Å². The molecular formula is C20H16ClNO5S2. The van der Waals surface area contributed by atoms with Crippen LogP contribution in [0.2, 0.25) is 5.02 Å². The molecule has 0 saturated carbocycles. The number of benzene rings is 2. The number of nitrogens with one attached hydrogen (secondary N) is 1. The molecule has 2 aromatic carbocycles. The molecule has 150 valence electrons. The number of carboxylic acid groups (broad SMARTS) is 1. The Labute approximate surface area is 181 Å².